The average Bonchev–Trinajstić information content (AvgIpc) is 3.25. The van der Waals surface area contributed by atoms with E-state index in [0.29, 0.717) is 31.4 Å². The fourth-order valence-electron chi connectivity index (χ4n) is 3.15. The number of hydrogen-bond acceptors (Lipinski definition) is 6. The van der Waals surface area contributed by atoms with Crippen LogP contribution >= 0.6 is 0 Å². The number of fused-ring (bicyclic) bond motifs is 3. The minimum atomic E-state index is -0.460. The highest BCUT2D eigenvalue weighted by atomic mass is 16.5. The quantitative estimate of drug-likeness (QED) is 0.654. The highest BCUT2D eigenvalue weighted by molar-refractivity contribution is 5.91. The summed E-state index contributed by atoms with van der Waals surface area (Å²) in [5.74, 6) is 0.634. The maximum atomic E-state index is 12.1. The van der Waals surface area contributed by atoms with Crippen LogP contribution in [-0.4, -0.2) is 27.5 Å². The van der Waals surface area contributed by atoms with Gasteiger partial charge in [-0.1, -0.05) is 42.4 Å². The molecule has 4 rings (SSSR count). The minimum absolute atomic E-state index is 0.0324. The Balaban J connectivity index is 1.61. The molecule has 0 fully saturated rings. The van der Waals surface area contributed by atoms with Crippen LogP contribution in [0, 0.1) is 0 Å². The van der Waals surface area contributed by atoms with Crippen molar-refractivity contribution in [1.29, 1.82) is 0 Å². The van der Waals surface area contributed by atoms with Crippen molar-refractivity contribution in [3.63, 3.8) is 0 Å². The summed E-state index contributed by atoms with van der Waals surface area (Å²) in [4.78, 5) is 12.1. The predicted molar refractivity (Wildman–Crippen MR) is 92.9 cm³/mol. The first kappa shape index (κ1) is 16.4. The molecular weight excluding hydrogens is 334 g/mol. The minimum Gasteiger partial charge on any atom is -0.472 e. The Morgan fingerprint density at radius 1 is 1.35 bits per heavy atom. The third-order valence-electron chi connectivity index (χ3n) is 4.36. The molecule has 3 aromatic rings. The van der Waals surface area contributed by atoms with Gasteiger partial charge >= 0.3 is 5.97 Å². The molecule has 0 amide bonds. The molecule has 0 unspecified atom stereocenters. The zero-order valence-electron chi connectivity index (χ0n) is 14.6. The van der Waals surface area contributed by atoms with Gasteiger partial charge in [-0.05, 0) is 12.5 Å². The van der Waals surface area contributed by atoms with E-state index >= 15 is 0 Å². The fraction of sp³-hybridized carbons (Fsp3) is 0.316. The van der Waals surface area contributed by atoms with Gasteiger partial charge in [-0.25, -0.2) is 4.79 Å². The summed E-state index contributed by atoms with van der Waals surface area (Å²) in [7, 11) is 0. The van der Waals surface area contributed by atoms with Crippen LogP contribution < -0.4 is 4.74 Å². The highest BCUT2D eigenvalue weighted by Crippen LogP contribution is 2.39. The number of carbonyl (C=O) groups is 1. The number of esters is 1. The Bertz CT molecular complexity index is 930. The maximum Gasteiger partial charge on any atom is 0.360 e. The molecule has 0 radical (unpaired) electrons. The monoisotopic (exact) mass is 353 g/mol. The lowest BCUT2D eigenvalue weighted by Crippen LogP contribution is -2.18. The molecule has 0 bridgehead atoms. The number of benzene rings is 1. The molecule has 1 aliphatic heterocycles. The predicted octanol–water partition coefficient (Wildman–Crippen LogP) is 3.41. The Hall–Kier alpha value is -3.09. The van der Waals surface area contributed by atoms with Crippen LogP contribution in [0.5, 0.6) is 5.88 Å². The molecule has 134 valence electrons. The topological polar surface area (TPSA) is 79.4 Å². The number of nitrogens with zero attached hydrogens (tertiary/aromatic N) is 3. The molecule has 1 aliphatic rings. The SMILES string of the molecule is CCOC(=O)c1noc2c1[C@@H](C)Cn1nc(OCc3ccccc3)cc1-2. The lowest BCUT2D eigenvalue weighted by molar-refractivity contribution is 0.0513. The molecular formula is C19H19N3O4. The summed E-state index contributed by atoms with van der Waals surface area (Å²) in [6, 6.07) is 11.7. The van der Waals surface area contributed by atoms with Crippen LogP contribution in [0.1, 0.15) is 41.4 Å². The molecule has 0 N–H and O–H groups in total. The standard InChI is InChI=1S/C19H19N3O4/c1-3-24-19(23)17-16-12(2)10-22-14(18(16)26-21-17)9-15(20-22)25-11-13-7-5-4-6-8-13/h4-9,12H,3,10-11H2,1-2H3/t12-/m0/s1. The second-order valence-electron chi connectivity index (χ2n) is 6.22. The first-order valence-electron chi connectivity index (χ1n) is 8.59. The van der Waals surface area contributed by atoms with Gasteiger partial charge in [0.15, 0.2) is 11.5 Å². The van der Waals surface area contributed by atoms with Crippen molar-refractivity contribution in [2.24, 2.45) is 0 Å². The van der Waals surface area contributed by atoms with Gasteiger partial charge in [-0.2, -0.15) is 0 Å². The van der Waals surface area contributed by atoms with Gasteiger partial charge in [0.05, 0.1) is 6.61 Å². The molecule has 1 aromatic carbocycles. The number of hydrogen-bond donors (Lipinski definition) is 0. The molecule has 0 saturated carbocycles. The average molecular weight is 353 g/mol. The molecule has 3 heterocycles. The van der Waals surface area contributed by atoms with Gasteiger partial charge < -0.3 is 14.0 Å². The number of carbonyl (C=O) groups excluding carboxylic acids is 1. The van der Waals surface area contributed by atoms with Gasteiger partial charge in [-0.3, -0.25) is 4.68 Å². The van der Waals surface area contributed by atoms with E-state index in [1.807, 2.05) is 48.0 Å². The van der Waals surface area contributed by atoms with Gasteiger partial charge in [0.2, 0.25) is 5.88 Å². The van der Waals surface area contributed by atoms with Gasteiger partial charge in [-0.15, -0.1) is 5.10 Å². The molecule has 26 heavy (non-hydrogen) atoms. The second kappa shape index (κ2) is 6.67. The van der Waals surface area contributed by atoms with Crippen molar-refractivity contribution in [3.8, 4) is 17.3 Å². The smallest absolute Gasteiger partial charge is 0.360 e. The fourth-order valence-corrected chi connectivity index (χ4v) is 3.15. The maximum absolute atomic E-state index is 12.1. The third-order valence-corrected chi connectivity index (χ3v) is 4.36. The van der Waals surface area contributed by atoms with E-state index in [0.717, 1.165) is 16.8 Å². The largest absolute Gasteiger partial charge is 0.472 e. The van der Waals surface area contributed by atoms with Crippen LogP contribution in [0.15, 0.2) is 40.9 Å². The lowest BCUT2D eigenvalue weighted by Gasteiger charge is -2.18. The Morgan fingerprint density at radius 2 is 2.15 bits per heavy atom. The van der Waals surface area contributed by atoms with Gasteiger partial charge in [0.1, 0.15) is 12.3 Å². The summed E-state index contributed by atoms with van der Waals surface area (Å²) in [6.07, 6.45) is 0. The van der Waals surface area contributed by atoms with Crippen LogP contribution in [0.3, 0.4) is 0 Å². The first-order chi connectivity index (χ1) is 12.7. The summed E-state index contributed by atoms with van der Waals surface area (Å²) < 4.78 is 18.2. The molecule has 0 saturated heterocycles. The van der Waals surface area contributed by atoms with E-state index < -0.39 is 5.97 Å². The van der Waals surface area contributed by atoms with E-state index in [1.165, 1.54) is 0 Å². The van der Waals surface area contributed by atoms with Crippen molar-refractivity contribution >= 4 is 5.97 Å². The first-order valence-corrected chi connectivity index (χ1v) is 8.59. The zero-order valence-corrected chi connectivity index (χ0v) is 14.6. The van der Waals surface area contributed by atoms with Crippen molar-refractivity contribution in [1.82, 2.24) is 14.9 Å². The summed E-state index contributed by atoms with van der Waals surface area (Å²) in [6.45, 7) is 5.12. The van der Waals surface area contributed by atoms with E-state index in [2.05, 4.69) is 10.3 Å². The summed E-state index contributed by atoms with van der Waals surface area (Å²) in [5.41, 5.74) is 2.83. The molecule has 0 spiro atoms. The third kappa shape index (κ3) is 2.85. The molecule has 7 nitrogen and oxygen atoms in total. The number of ether oxygens (including phenoxy) is 2. The normalized spacial score (nSPS) is 15.2. The van der Waals surface area contributed by atoms with Crippen LogP contribution in [0.25, 0.3) is 11.5 Å². The van der Waals surface area contributed by atoms with Crippen LogP contribution in [-0.2, 0) is 17.9 Å². The highest BCUT2D eigenvalue weighted by Gasteiger charge is 2.34. The summed E-state index contributed by atoms with van der Waals surface area (Å²) in [5, 5.41) is 8.43. The number of aromatic nitrogens is 3. The Labute approximate surface area is 150 Å². The van der Waals surface area contributed by atoms with Gasteiger partial charge in [0, 0.05) is 24.1 Å². The Kier molecular flexibility index (Phi) is 4.20. The number of rotatable bonds is 5. The molecule has 1 atom stereocenters. The van der Waals surface area contributed by atoms with E-state index in [1.54, 1.807) is 6.92 Å². The van der Waals surface area contributed by atoms with Crippen molar-refractivity contribution < 1.29 is 18.8 Å². The lowest BCUT2D eigenvalue weighted by atomic mass is 9.94. The van der Waals surface area contributed by atoms with Crippen molar-refractivity contribution in [2.75, 3.05) is 6.61 Å². The van der Waals surface area contributed by atoms with Crippen LogP contribution in [0.4, 0.5) is 0 Å². The van der Waals surface area contributed by atoms with Crippen molar-refractivity contribution in [2.45, 2.75) is 32.9 Å². The van der Waals surface area contributed by atoms with Gasteiger partial charge in [0.25, 0.3) is 0 Å². The van der Waals surface area contributed by atoms with E-state index in [4.69, 9.17) is 14.0 Å². The molecule has 2 aromatic heterocycles. The summed E-state index contributed by atoms with van der Waals surface area (Å²) >= 11 is 0. The van der Waals surface area contributed by atoms with Crippen LogP contribution in [0.2, 0.25) is 0 Å². The van der Waals surface area contributed by atoms with E-state index in [-0.39, 0.29) is 11.6 Å². The Morgan fingerprint density at radius 3 is 2.92 bits per heavy atom. The second-order valence-corrected chi connectivity index (χ2v) is 6.22. The zero-order chi connectivity index (χ0) is 18.1. The van der Waals surface area contributed by atoms with E-state index in [9.17, 15) is 4.79 Å². The molecule has 0 aliphatic carbocycles. The van der Waals surface area contributed by atoms with Crippen molar-refractivity contribution in [3.05, 3.63) is 53.2 Å². The molecule has 7 heteroatoms.